The topological polar surface area (TPSA) is 119 Å². The number of hydrogen-bond acceptors (Lipinski definition) is 7. The van der Waals surface area contributed by atoms with E-state index in [0.717, 1.165) is 0 Å². The molecule has 33 heavy (non-hydrogen) atoms. The zero-order chi connectivity index (χ0) is 23.5. The lowest BCUT2D eigenvalue weighted by molar-refractivity contribution is -0.138. The lowest BCUT2D eigenvalue weighted by Crippen LogP contribution is -2.38. The Labute approximate surface area is 188 Å². The van der Waals surface area contributed by atoms with E-state index in [9.17, 15) is 24.3 Å². The first-order valence-corrected chi connectivity index (χ1v) is 10.0. The van der Waals surface area contributed by atoms with Gasteiger partial charge in [0.2, 0.25) is 5.78 Å². The highest BCUT2D eigenvalue weighted by atomic mass is 16.5. The number of Topliss-reactive ketones (excluding diaryl/α,β-unsaturated/α-hetero) is 2. The molecule has 2 N–H and O–H groups in total. The maximum Gasteiger partial charge on any atom is 0.339 e. The van der Waals surface area contributed by atoms with Crippen LogP contribution in [0.2, 0.25) is 0 Å². The molecule has 8 nitrogen and oxygen atoms in total. The zero-order valence-corrected chi connectivity index (χ0v) is 17.5. The molecular formula is C25H19NO7. The molecule has 166 valence electrons. The standard InChI is InChI=1S/C25H19NO7/c1-32-15-8-6-7-14(13-15)26-24(30)22(29)20(21(28)18-11-4-5-12-19(18)27)23-16-9-2-3-10-17(16)25(31)33-23/h2-13,20,23,27H,1H3,(H,26,30)/t20-,23-/m1/s1. The van der Waals surface area contributed by atoms with E-state index >= 15 is 0 Å². The summed E-state index contributed by atoms with van der Waals surface area (Å²) in [6, 6.07) is 18.3. The van der Waals surface area contributed by atoms with Gasteiger partial charge in [-0.15, -0.1) is 0 Å². The van der Waals surface area contributed by atoms with E-state index < -0.39 is 35.5 Å². The average Bonchev–Trinajstić information content (AvgIpc) is 3.15. The van der Waals surface area contributed by atoms with Gasteiger partial charge in [0, 0.05) is 17.3 Å². The fraction of sp³-hybridized carbons (Fsp3) is 0.120. The van der Waals surface area contributed by atoms with Gasteiger partial charge in [0.15, 0.2) is 5.78 Å². The molecule has 0 radical (unpaired) electrons. The summed E-state index contributed by atoms with van der Waals surface area (Å²) in [4.78, 5) is 51.9. The second-order valence-electron chi connectivity index (χ2n) is 7.32. The number of hydrogen-bond donors (Lipinski definition) is 2. The van der Waals surface area contributed by atoms with Gasteiger partial charge in [0.1, 0.15) is 23.5 Å². The number of amides is 1. The summed E-state index contributed by atoms with van der Waals surface area (Å²) >= 11 is 0. The number of carbonyl (C=O) groups excluding carboxylic acids is 4. The number of ketones is 2. The van der Waals surface area contributed by atoms with E-state index in [1.165, 1.54) is 43.5 Å². The van der Waals surface area contributed by atoms with Crippen LogP contribution in [0.15, 0.2) is 72.8 Å². The van der Waals surface area contributed by atoms with Crippen molar-refractivity contribution in [2.45, 2.75) is 6.10 Å². The monoisotopic (exact) mass is 445 g/mol. The Morgan fingerprint density at radius 2 is 1.73 bits per heavy atom. The number of phenols is 1. The van der Waals surface area contributed by atoms with Crippen LogP contribution in [-0.4, -0.2) is 35.7 Å². The first kappa shape index (κ1) is 21.8. The number of rotatable bonds is 7. The average molecular weight is 445 g/mol. The van der Waals surface area contributed by atoms with E-state index in [1.807, 2.05) is 0 Å². The third-order valence-electron chi connectivity index (χ3n) is 5.31. The van der Waals surface area contributed by atoms with Crippen molar-refractivity contribution in [3.63, 3.8) is 0 Å². The second kappa shape index (κ2) is 8.96. The Balaban J connectivity index is 1.72. The number of fused-ring (bicyclic) bond motifs is 1. The Bertz CT molecular complexity index is 1270. The van der Waals surface area contributed by atoms with Crippen LogP contribution in [-0.2, 0) is 14.3 Å². The van der Waals surface area contributed by atoms with Crippen LogP contribution in [0.4, 0.5) is 5.69 Å². The highest BCUT2D eigenvalue weighted by Gasteiger charge is 2.46. The largest absolute Gasteiger partial charge is 0.507 e. The van der Waals surface area contributed by atoms with Gasteiger partial charge in [-0.1, -0.05) is 36.4 Å². The minimum atomic E-state index is -1.70. The number of anilines is 1. The van der Waals surface area contributed by atoms with E-state index in [4.69, 9.17) is 9.47 Å². The number of benzene rings is 3. The van der Waals surface area contributed by atoms with Crippen LogP contribution in [0.3, 0.4) is 0 Å². The van der Waals surface area contributed by atoms with Crippen LogP contribution in [0.1, 0.15) is 32.4 Å². The third-order valence-corrected chi connectivity index (χ3v) is 5.31. The summed E-state index contributed by atoms with van der Waals surface area (Å²) in [7, 11) is 1.46. The predicted octanol–water partition coefficient (Wildman–Crippen LogP) is 3.32. The molecule has 8 heteroatoms. The van der Waals surface area contributed by atoms with Crippen molar-refractivity contribution >= 4 is 29.1 Å². The quantitative estimate of drug-likeness (QED) is 0.248. The van der Waals surface area contributed by atoms with Crippen molar-refractivity contribution < 1.29 is 33.8 Å². The van der Waals surface area contributed by atoms with Crippen molar-refractivity contribution in [1.29, 1.82) is 0 Å². The van der Waals surface area contributed by atoms with Crippen LogP contribution < -0.4 is 10.1 Å². The first-order valence-electron chi connectivity index (χ1n) is 10.0. The number of nitrogens with one attached hydrogen (secondary N) is 1. The van der Waals surface area contributed by atoms with Gasteiger partial charge in [-0.3, -0.25) is 14.4 Å². The van der Waals surface area contributed by atoms with Gasteiger partial charge in [0.05, 0.1) is 18.2 Å². The van der Waals surface area contributed by atoms with Gasteiger partial charge in [0.25, 0.3) is 5.91 Å². The molecule has 1 aliphatic rings. The predicted molar refractivity (Wildman–Crippen MR) is 117 cm³/mol. The molecule has 0 aromatic heterocycles. The number of methoxy groups -OCH3 is 1. The maximum atomic E-state index is 13.4. The Kier molecular flexibility index (Phi) is 5.91. The fourth-order valence-electron chi connectivity index (χ4n) is 3.70. The summed E-state index contributed by atoms with van der Waals surface area (Å²) in [6.45, 7) is 0. The number of para-hydroxylation sites is 1. The minimum Gasteiger partial charge on any atom is -0.507 e. The molecule has 2 atom stereocenters. The molecule has 0 saturated carbocycles. The van der Waals surface area contributed by atoms with Crippen LogP contribution >= 0.6 is 0 Å². The van der Waals surface area contributed by atoms with Crippen molar-refractivity contribution in [2.75, 3.05) is 12.4 Å². The second-order valence-corrected chi connectivity index (χ2v) is 7.32. The molecule has 0 spiro atoms. The number of esters is 1. The molecule has 0 unspecified atom stereocenters. The minimum absolute atomic E-state index is 0.162. The highest BCUT2D eigenvalue weighted by molar-refractivity contribution is 6.45. The maximum absolute atomic E-state index is 13.4. The highest BCUT2D eigenvalue weighted by Crippen LogP contribution is 2.39. The lowest BCUT2D eigenvalue weighted by Gasteiger charge is -2.21. The fourth-order valence-corrected chi connectivity index (χ4v) is 3.70. The number of carbonyl (C=O) groups is 4. The van der Waals surface area contributed by atoms with Gasteiger partial charge >= 0.3 is 5.97 Å². The molecule has 1 amide bonds. The molecule has 4 rings (SSSR count). The number of phenolic OH excluding ortho intramolecular Hbond substituents is 1. The van der Waals surface area contributed by atoms with Gasteiger partial charge in [-0.25, -0.2) is 4.79 Å². The third kappa shape index (κ3) is 4.18. The summed E-state index contributed by atoms with van der Waals surface area (Å²) < 4.78 is 10.5. The molecule has 0 saturated heterocycles. The zero-order valence-electron chi connectivity index (χ0n) is 17.5. The van der Waals surface area contributed by atoms with Crippen LogP contribution in [0.5, 0.6) is 11.5 Å². The summed E-state index contributed by atoms with van der Waals surface area (Å²) in [5, 5.41) is 12.6. The summed E-state index contributed by atoms with van der Waals surface area (Å²) in [6.07, 6.45) is -1.32. The first-order chi connectivity index (χ1) is 15.9. The summed E-state index contributed by atoms with van der Waals surface area (Å²) in [5.74, 6) is -5.32. The van der Waals surface area contributed by atoms with E-state index in [-0.39, 0.29) is 22.6 Å². The SMILES string of the molecule is COc1cccc(NC(=O)C(=O)[C@@H](C(=O)c2ccccc2O)[C@@H]2OC(=O)c3ccccc32)c1. The van der Waals surface area contributed by atoms with Crippen LogP contribution in [0, 0.1) is 5.92 Å². The summed E-state index contributed by atoms with van der Waals surface area (Å²) in [5.41, 5.74) is 0.646. The molecular weight excluding hydrogens is 426 g/mol. The molecule has 1 aliphatic heterocycles. The number of ether oxygens (including phenoxy) is 2. The van der Waals surface area contributed by atoms with Crippen molar-refractivity contribution in [1.82, 2.24) is 0 Å². The Morgan fingerprint density at radius 1 is 1.00 bits per heavy atom. The molecule has 3 aromatic rings. The van der Waals surface area contributed by atoms with E-state index in [0.29, 0.717) is 11.3 Å². The molecule has 0 aliphatic carbocycles. The molecule has 0 fully saturated rings. The Hall–Kier alpha value is -4.46. The van der Waals surface area contributed by atoms with Gasteiger partial charge in [-0.2, -0.15) is 0 Å². The van der Waals surface area contributed by atoms with Gasteiger partial charge in [-0.05, 0) is 30.3 Å². The lowest BCUT2D eigenvalue weighted by atomic mass is 9.84. The van der Waals surface area contributed by atoms with Crippen LogP contribution in [0.25, 0.3) is 0 Å². The van der Waals surface area contributed by atoms with Crippen molar-refractivity contribution in [2.24, 2.45) is 5.92 Å². The molecule has 3 aromatic carbocycles. The molecule has 1 heterocycles. The normalized spacial score (nSPS) is 15.2. The Morgan fingerprint density at radius 3 is 2.48 bits per heavy atom. The molecule has 0 bridgehead atoms. The number of aromatic hydroxyl groups is 1. The van der Waals surface area contributed by atoms with E-state index in [2.05, 4.69) is 5.32 Å². The smallest absolute Gasteiger partial charge is 0.339 e. The van der Waals surface area contributed by atoms with Crippen molar-refractivity contribution in [3.8, 4) is 11.5 Å². The van der Waals surface area contributed by atoms with Crippen molar-refractivity contribution in [3.05, 3.63) is 89.5 Å². The van der Waals surface area contributed by atoms with Gasteiger partial charge < -0.3 is 19.9 Å². The number of cyclic esters (lactones) is 1. The van der Waals surface area contributed by atoms with E-state index in [1.54, 1.807) is 36.4 Å².